The van der Waals surface area contributed by atoms with Crippen molar-refractivity contribution in [2.45, 2.75) is 6.92 Å². The largest absolute Gasteiger partial charge is 0.423 e. The molecule has 7 rings (SSSR count). The molecule has 0 aliphatic rings. The molecule has 46 heavy (non-hydrogen) atoms. The Kier molecular flexibility index (Phi) is 7.27. The van der Waals surface area contributed by atoms with E-state index >= 15 is 0 Å². The molecule has 7 aromatic rings. The van der Waals surface area contributed by atoms with Gasteiger partial charge in [0.15, 0.2) is 0 Å². The van der Waals surface area contributed by atoms with Gasteiger partial charge in [-0.1, -0.05) is 79.4 Å². The first-order chi connectivity index (χ1) is 22.4. The second kappa shape index (κ2) is 11.7. The molecular weight excluding hydrogens is 570 g/mol. The number of benzene rings is 7. The topological polar surface area (TPSA) is 55.8 Å². The highest BCUT2D eigenvalue weighted by Crippen LogP contribution is 2.44. The van der Waals surface area contributed by atoms with E-state index in [0.717, 1.165) is 60.2 Å². The number of carbonyl (C=O) groups excluding carboxylic acids is 2. The van der Waals surface area contributed by atoms with E-state index in [1.54, 1.807) is 12.1 Å². The third-order valence-corrected chi connectivity index (χ3v) is 8.16. The normalized spacial score (nSPS) is 11.1. The molecule has 0 amide bonds. The van der Waals surface area contributed by atoms with Gasteiger partial charge in [0.05, 0.1) is 11.4 Å². The Bertz CT molecular complexity index is 2210. The van der Waals surface area contributed by atoms with Crippen LogP contribution in [0, 0.1) is 6.92 Å². The number of fused-ring (bicyclic) bond motifs is 4. The Morgan fingerprint density at radius 2 is 0.935 bits per heavy atom. The molecule has 5 nitrogen and oxygen atoms in total. The van der Waals surface area contributed by atoms with Crippen LogP contribution in [-0.4, -0.2) is 11.9 Å². The predicted molar refractivity (Wildman–Crippen MR) is 188 cm³/mol. The minimum atomic E-state index is -0.499. The maximum atomic E-state index is 12.1. The van der Waals surface area contributed by atoms with Gasteiger partial charge in [0.1, 0.15) is 11.5 Å². The maximum Gasteiger partial charge on any atom is 0.335 e. The summed E-state index contributed by atoms with van der Waals surface area (Å²) < 4.78 is 11.1. The van der Waals surface area contributed by atoms with Crippen LogP contribution in [0.3, 0.4) is 0 Å². The second-order valence-corrected chi connectivity index (χ2v) is 11.1. The van der Waals surface area contributed by atoms with Gasteiger partial charge in [0, 0.05) is 39.4 Å². The summed E-state index contributed by atoms with van der Waals surface area (Å²) in [6.07, 6.45) is 2.33. The van der Waals surface area contributed by atoms with Gasteiger partial charge >= 0.3 is 11.9 Å². The zero-order valence-electron chi connectivity index (χ0n) is 25.2. The fourth-order valence-corrected chi connectivity index (χ4v) is 5.98. The van der Waals surface area contributed by atoms with Crippen molar-refractivity contribution in [1.29, 1.82) is 0 Å². The fourth-order valence-electron chi connectivity index (χ4n) is 5.98. The molecule has 5 heteroatoms. The van der Waals surface area contributed by atoms with Gasteiger partial charge in [-0.05, 0) is 89.1 Å². The molecule has 0 aliphatic heterocycles. The highest BCUT2D eigenvalue weighted by Gasteiger charge is 2.19. The smallest absolute Gasteiger partial charge is 0.335 e. The van der Waals surface area contributed by atoms with E-state index < -0.39 is 11.9 Å². The molecule has 0 bridgehead atoms. The molecule has 0 fully saturated rings. The number of nitrogens with zero attached hydrogens (tertiary/aromatic N) is 1. The predicted octanol–water partition coefficient (Wildman–Crippen LogP) is 10.3. The Labute approximate surface area is 266 Å². The van der Waals surface area contributed by atoms with Crippen LogP contribution in [0.4, 0.5) is 17.1 Å². The highest BCUT2D eigenvalue weighted by molar-refractivity contribution is 6.12. The number of hydrogen-bond donors (Lipinski definition) is 0. The minimum absolute atomic E-state index is 0.490. The molecule has 0 N–H and O–H groups in total. The van der Waals surface area contributed by atoms with E-state index in [0.29, 0.717) is 11.5 Å². The average molecular weight is 600 g/mol. The van der Waals surface area contributed by atoms with Crippen molar-refractivity contribution in [3.63, 3.8) is 0 Å². The first-order valence-corrected chi connectivity index (χ1v) is 14.9. The summed E-state index contributed by atoms with van der Waals surface area (Å²) in [6.45, 7) is 9.15. The number of hydrogen-bond acceptors (Lipinski definition) is 5. The molecule has 222 valence electrons. The molecule has 0 radical (unpaired) electrons. The van der Waals surface area contributed by atoms with E-state index in [-0.39, 0.29) is 0 Å². The van der Waals surface area contributed by atoms with Gasteiger partial charge in [-0.2, -0.15) is 0 Å². The quantitative estimate of drug-likeness (QED) is 0.0790. The van der Waals surface area contributed by atoms with Gasteiger partial charge in [-0.15, -0.1) is 0 Å². The fraction of sp³-hybridized carbons (Fsp3) is 0.0244. The van der Waals surface area contributed by atoms with Crippen LogP contribution in [0.5, 0.6) is 11.5 Å². The summed E-state index contributed by atoms with van der Waals surface area (Å²) in [6, 6.07) is 40.8. The van der Waals surface area contributed by atoms with Crippen LogP contribution in [0.2, 0.25) is 0 Å². The summed E-state index contributed by atoms with van der Waals surface area (Å²) >= 11 is 0. The van der Waals surface area contributed by atoms with Crippen LogP contribution in [-0.2, 0) is 9.59 Å². The monoisotopic (exact) mass is 599 g/mol. The van der Waals surface area contributed by atoms with Crippen LogP contribution in [0.25, 0.3) is 43.1 Å². The average Bonchev–Trinajstić information content (AvgIpc) is 3.08. The van der Waals surface area contributed by atoms with Crippen LogP contribution < -0.4 is 14.4 Å². The van der Waals surface area contributed by atoms with Crippen LogP contribution >= 0.6 is 0 Å². The molecule has 0 saturated heterocycles. The molecular formula is C41H29NO4. The first kappa shape index (κ1) is 28.6. The SMILES string of the molecule is C=CC(=O)Oc1cccc2cc3c(N(c4ccc(C)cc4)c4cccc5cc6c(OC(=O)C=C)cccc6cc45)cccc3cc12. The van der Waals surface area contributed by atoms with Gasteiger partial charge in [0.25, 0.3) is 0 Å². The van der Waals surface area contributed by atoms with Crippen molar-refractivity contribution in [3.05, 3.63) is 152 Å². The molecule has 0 saturated carbocycles. The maximum absolute atomic E-state index is 12.1. The van der Waals surface area contributed by atoms with Crippen molar-refractivity contribution in [1.82, 2.24) is 0 Å². The third kappa shape index (κ3) is 5.14. The van der Waals surface area contributed by atoms with Crippen molar-refractivity contribution in [2.75, 3.05) is 4.90 Å². The molecule has 0 atom stereocenters. The van der Waals surface area contributed by atoms with Crippen molar-refractivity contribution in [2.24, 2.45) is 0 Å². The van der Waals surface area contributed by atoms with Gasteiger partial charge in [0.2, 0.25) is 0 Å². The van der Waals surface area contributed by atoms with Gasteiger partial charge < -0.3 is 14.4 Å². The van der Waals surface area contributed by atoms with Crippen LogP contribution in [0.15, 0.2) is 147 Å². The number of aryl methyl sites for hydroxylation is 1. The minimum Gasteiger partial charge on any atom is -0.423 e. The zero-order chi connectivity index (χ0) is 31.8. The van der Waals surface area contributed by atoms with E-state index in [2.05, 4.69) is 97.8 Å². The van der Waals surface area contributed by atoms with E-state index in [1.165, 1.54) is 17.7 Å². The Balaban J connectivity index is 1.48. The lowest BCUT2D eigenvalue weighted by Gasteiger charge is -2.28. The Morgan fingerprint density at radius 1 is 0.543 bits per heavy atom. The number of ether oxygens (including phenoxy) is 2. The lowest BCUT2D eigenvalue weighted by molar-refractivity contribution is -0.129. The third-order valence-electron chi connectivity index (χ3n) is 8.16. The second-order valence-electron chi connectivity index (χ2n) is 11.1. The Hall–Kier alpha value is -6.20. The van der Waals surface area contributed by atoms with E-state index in [1.807, 2.05) is 36.4 Å². The summed E-state index contributed by atoms with van der Waals surface area (Å²) in [5, 5.41) is 7.67. The lowest BCUT2D eigenvalue weighted by atomic mass is 9.98. The zero-order valence-corrected chi connectivity index (χ0v) is 25.2. The summed E-state index contributed by atoms with van der Waals surface area (Å²) in [5.74, 6) is -0.0175. The van der Waals surface area contributed by atoms with Crippen molar-refractivity contribution in [3.8, 4) is 11.5 Å². The number of carbonyl (C=O) groups is 2. The van der Waals surface area contributed by atoms with E-state index in [9.17, 15) is 9.59 Å². The molecule has 0 spiro atoms. The standard InChI is InChI=1S/C41H29NO4/c1-4-40(43)45-38-16-8-12-29-22-32-27(24-34(29)38)10-6-14-36(32)42(31-20-18-26(3)19-21-31)37-15-7-11-28-25-35-30(23-33(28)37)13-9-17-39(35)46-41(44)5-2/h4-25H,1-2H2,3H3. The number of esters is 2. The van der Waals surface area contributed by atoms with E-state index in [4.69, 9.17) is 9.47 Å². The molecule has 7 aromatic carbocycles. The molecule has 0 aliphatic carbocycles. The van der Waals surface area contributed by atoms with Gasteiger partial charge in [-0.3, -0.25) is 0 Å². The summed E-state index contributed by atoms with van der Waals surface area (Å²) in [4.78, 5) is 26.4. The highest BCUT2D eigenvalue weighted by atomic mass is 16.5. The van der Waals surface area contributed by atoms with Crippen LogP contribution in [0.1, 0.15) is 5.56 Å². The number of anilines is 3. The lowest BCUT2D eigenvalue weighted by Crippen LogP contribution is -2.11. The number of rotatable bonds is 7. The summed E-state index contributed by atoms with van der Waals surface area (Å²) in [7, 11) is 0. The molecule has 0 unspecified atom stereocenters. The van der Waals surface area contributed by atoms with Crippen molar-refractivity contribution >= 4 is 72.1 Å². The molecule has 0 heterocycles. The Morgan fingerprint density at radius 3 is 1.37 bits per heavy atom. The first-order valence-electron chi connectivity index (χ1n) is 14.9. The van der Waals surface area contributed by atoms with Crippen molar-refractivity contribution < 1.29 is 19.1 Å². The van der Waals surface area contributed by atoms with Gasteiger partial charge in [-0.25, -0.2) is 9.59 Å². The summed E-state index contributed by atoms with van der Waals surface area (Å²) in [5.41, 5.74) is 4.17. The molecule has 0 aromatic heterocycles.